The van der Waals surface area contributed by atoms with Crippen LogP contribution in [0, 0.1) is 0 Å². The molecule has 3 N–H and O–H groups in total. The molecular weight excluding hydrogens is 278 g/mol. The molecule has 2 amide bonds. The Morgan fingerprint density at radius 3 is 2.60 bits per heavy atom. The predicted molar refractivity (Wildman–Crippen MR) is 77.7 cm³/mol. The molecule has 0 aliphatic carbocycles. The highest BCUT2D eigenvalue weighted by atomic mass is 35.5. The van der Waals surface area contributed by atoms with Crippen LogP contribution in [0.5, 0.6) is 0 Å². The van der Waals surface area contributed by atoms with Gasteiger partial charge in [0.1, 0.15) is 5.82 Å². The van der Waals surface area contributed by atoms with Crippen LogP contribution < -0.4 is 10.6 Å². The average molecular weight is 292 g/mol. The second-order valence-corrected chi connectivity index (χ2v) is 4.54. The number of aromatic nitrogens is 1. The predicted octanol–water partition coefficient (Wildman–Crippen LogP) is 2.59. The fourth-order valence-electron chi connectivity index (χ4n) is 1.68. The molecule has 0 bridgehead atoms. The van der Waals surface area contributed by atoms with Crippen molar-refractivity contribution in [2.24, 2.45) is 0 Å². The lowest BCUT2D eigenvalue weighted by Gasteiger charge is -2.17. The van der Waals surface area contributed by atoms with Crippen LogP contribution >= 0.6 is 11.6 Å². The van der Waals surface area contributed by atoms with Crippen LogP contribution in [-0.4, -0.2) is 22.7 Å². The van der Waals surface area contributed by atoms with Gasteiger partial charge in [-0.15, -0.1) is 0 Å². The highest BCUT2D eigenvalue weighted by Gasteiger charge is 2.13. The number of hydrogen-bond acceptors (Lipinski definition) is 3. The molecule has 0 fully saturated rings. The molecule has 2 rings (SSSR count). The lowest BCUT2D eigenvalue weighted by Crippen LogP contribution is -2.34. The van der Waals surface area contributed by atoms with E-state index in [0.717, 1.165) is 5.56 Å². The van der Waals surface area contributed by atoms with E-state index in [2.05, 4.69) is 15.6 Å². The molecule has 1 aromatic heterocycles. The van der Waals surface area contributed by atoms with E-state index in [-0.39, 0.29) is 6.61 Å². The highest BCUT2D eigenvalue weighted by Crippen LogP contribution is 2.16. The maximum absolute atomic E-state index is 11.8. The summed E-state index contributed by atoms with van der Waals surface area (Å²) < 4.78 is 0. The summed E-state index contributed by atoms with van der Waals surface area (Å²) in [5, 5.41) is 15.2. The Labute approximate surface area is 121 Å². The fourth-order valence-corrected chi connectivity index (χ4v) is 1.80. The zero-order valence-electron chi connectivity index (χ0n) is 10.6. The summed E-state index contributed by atoms with van der Waals surface area (Å²) in [6.45, 7) is -0.211. The first-order valence-electron chi connectivity index (χ1n) is 6.04. The molecule has 20 heavy (non-hydrogen) atoms. The third-order valence-electron chi connectivity index (χ3n) is 2.67. The molecule has 6 heteroatoms. The van der Waals surface area contributed by atoms with Gasteiger partial charge in [0.05, 0.1) is 12.6 Å². The van der Waals surface area contributed by atoms with Gasteiger partial charge in [-0.2, -0.15) is 0 Å². The monoisotopic (exact) mass is 291 g/mol. The fraction of sp³-hybridized carbons (Fsp3) is 0.143. The normalized spacial score (nSPS) is 11.7. The van der Waals surface area contributed by atoms with Crippen molar-refractivity contribution in [1.82, 2.24) is 10.3 Å². The number of aliphatic hydroxyl groups is 1. The van der Waals surface area contributed by atoms with Crippen LogP contribution in [0.2, 0.25) is 5.02 Å². The summed E-state index contributed by atoms with van der Waals surface area (Å²) >= 11 is 5.80. The van der Waals surface area contributed by atoms with Gasteiger partial charge in [-0.3, -0.25) is 5.32 Å². The van der Waals surface area contributed by atoms with Crippen molar-refractivity contribution in [2.75, 3.05) is 11.9 Å². The lowest BCUT2D eigenvalue weighted by atomic mass is 10.1. The third kappa shape index (κ3) is 3.94. The van der Waals surface area contributed by atoms with E-state index < -0.39 is 12.1 Å². The number of amides is 2. The molecule has 1 unspecified atom stereocenters. The number of benzene rings is 1. The van der Waals surface area contributed by atoms with Crippen molar-refractivity contribution in [3.8, 4) is 0 Å². The van der Waals surface area contributed by atoms with Crippen LogP contribution in [0.3, 0.4) is 0 Å². The number of anilines is 1. The van der Waals surface area contributed by atoms with Gasteiger partial charge in [0, 0.05) is 11.2 Å². The minimum atomic E-state index is -0.504. The average Bonchev–Trinajstić information content (AvgIpc) is 2.47. The van der Waals surface area contributed by atoms with Crippen molar-refractivity contribution in [3.05, 3.63) is 59.2 Å². The number of halogens is 1. The summed E-state index contributed by atoms with van der Waals surface area (Å²) in [5.41, 5.74) is 0.771. The first-order chi connectivity index (χ1) is 9.69. The molecule has 1 aromatic carbocycles. The van der Waals surface area contributed by atoms with Crippen LogP contribution in [0.15, 0.2) is 48.7 Å². The molecule has 0 aliphatic rings. The first-order valence-corrected chi connectivity index (χ1v) is 6.41. The summed E-state index contributed by atoms with van der Waals surface area (Å²) in [6, 6.07) is 11.2. The quantitative estimate of drug-likeness (QED) is 0.810. The van der Waals surface area contributed by atoms with Gasteiger partial charge < -0.3 is 10.4 Å². The molecule has 1 atom stereocenters. The minimum Gasteiger partial charge on any atom is -0.394 e. The van der Waals surface area contributed by atoms with Crippen molar-refractivity contribution in [2.45, 2.75) is 6.04 Å². The van der Waals surface area contributed by atoms with E-state index in [4.69, 9.17) is 11.6 Å². The van der Waals surface area contributed by atoms with Gasteiger partial charge in [-0.05, 0) is 29.8 Å². The van der Waals surface area contributed by atoms with Crippen LogP contribution in [-0.2, 0) is 0 Å². The number of aliphatic hydroxyl groups excluding tert-OH is 1. The van der Waals surface area contributed by atoms with Crippen molar-refractivity contribution >= 4 is 23.4 Å². The van der Waals surface area contributed by atoms with Gasteiger partial charge in [-0.25, -0.2) is 9.78 Å². The molecule has 104 valence electrons. The maximum Gasteiger partial charge on any atom is 0.320 e. The van der Waals surface area contributed by atoms with E-state index >= 15 is 0 Å². The van der Waals surface area contributed by atoms with Crippen molar-refractivity contribution in [1.29, 1.82) is 0 Å². The molecule has 1 heterocycles. The van der Waals surface area contributed by atoms with Gasteiger partial charge in [0.15, 0.2) is 0 Å². The molecule has 0 radical (unpaired) electrons. The van der Waals surface area contributed by atoms with Crippen molar-refractivity contribution in [3.63, 3.8) is 0 Å². The molecular formula is C14H14ClN3O2. The molecule has 0 saturated carbocycles. The SMILES string of the molecule is O=C(Nc1ccccn1)NC(CO)c1ccc(Cl)cc1. The van der Waals surface area contributed by atoms with Crippen LogP contribution in [0.4, 0.5) is 10.6 Å². The molecule has 0 aliphatic heterocycles. The number of carbonyl (C=O) groups is 1. The van der Waals surface area contributed by atoms with E-state index in [1.807, 2.05) is 0 Å². The zero-order valence-corrected chi connectivity index (χ0v) is 11.3. The number of nitrogens with one attached hydrogen (secondary N) is 2. The second kappa shape index (κ2) is 6.88. The molecule has 0 saturated heterocycles. The van der Waals surface area contributed by atoms with Gasteiger partial charge in [0.25, 0.3) is 0 Å². The Morgan fingerprint density at radius 1 is 1.25 bits per heavy atom. The Bertz CT molecular complexity index is 560. The van der Waals surface area contributed by atoms with Gasteiger partial charge in [-0.1, -0.05) is 29.8 Å². The molecule has 2 aromatic rings. The summed E-state index contributed by atoms with van der Waals surface area (Å²) in [6.07, 6.45) is 1.58. The van der Waals surface area contributed by atoms with Crippen molar-refractivity contribution < 1.29 is 9.90 Å². The molecule has 0 spiro atoms. The Hall–Kier alpha value is -2.11. The number of hydrogen-bond donors (Lipinski definition) is 3. The Balaban J connectivity index is 1.99. The number of nitrogens with zero attached hydrogens (tertiary/aromatic N) is 1. The summed E-state index contributed by atoms with van der Waals surface area (Å²) in [7, 11) is 0. The van der Waals surface area contributed by atoms with Gasteiger partial charge >= 0.3 is 6.03 Å². The first kappa shape index (κ1) is 14.3. The number of rotatable bonds is 4. The van der Waals surface area contributed by atoms with E-state index in [1.54, 1.807) is 48.7 Å². The van der Waals surface area contributed by atoms with Gasteiger partial charge in [0.2, 0.25) is 0 Å². The van der Waals surface area contributed by atoms with Crippen LogP contribution in [0.1, 0.15) is 11.6 Å². The van der Waals surface area contributed by atoms with E-state index in [9.17, 15) is 9.90 Å². The maximum atomic E-state index is 11.8. The Morgan fingerprint density at radius 2 is 2.00 bits per heavy atom. The number of urea groups is 1. The second-order valence-electron chi connectivity index (χ2n) is 4.10. The van der Waals surface area contributed by atoms with E-state index in [0.29, 0.717) is 10.8 Å². The minimum absolute atomic E-state index is 0.211. The zero-order chi connectivity index (χ0) is 14.4. The van der Waals surface area contributed by atoms with Crippen LogP contribution in [0.25, 0.3) is 0 Å². The number of carbonyl (C=O) groups excluding carboxylic acids is 1. The summed E-state index contributed by atoms with van der Waals surface area (Å²) in [4.78, 5) is 15.8. The lowest BCUT2D eigenvalue weighted by molar-refractivity contribution is 0.225. The summed E-state index contributed by atoms with van der Waals surface area (Å²) in [5.74, 6) is 0.442. The largest absolute Gasteiger partial charge is 0.394 e. The standard InChI is InChI=1S/C14H14ClN3O2/c15-11-6-4-10(5-7-11)12(9-19)17-14(20)18-13-3-1-2-8-16-13/h1-8,12,19H,9H2,(H2,16,17,18,20). The number of pyridine rings is 1. The Kier molecular flexibility index (Phi) is 4.92. The van der Waals surface area contributed by atoms with E-state index in [1.165, 1.54) is 0 Å². The highest BCUT2D eigenvalue weighted by molar-refractivity contribution is 6.30. The smallest absolute Gasteiger partial charge is 0.320 e. The molecule has 5 nitrogen and oxygen atoms in total. The third-order valence-corrected chi connectivity index (χ3v) is 2.92. The topological polar surface area (TPSA) is 74.2 Å².